The van der Waals surface area contributed by atoms with Crippen LogP contribution >= 0.6 is 27.7 Å². The van der Waals surface area contributed by atoms with Gasteiger partial charge in [0.15, 0.2) is 5.16 Å². The third kappa shape index (κ3) is 5.11. The summed E-state index contributed by atoms with van der Waals surface area (Å²) in [4.78, 5) is 27.8. The third-order valence-corrected chi connectivity index (χ3v) is 5.45. The van der Waals surface area contributed by atoms with Crippen molar-refractivity contribution in [1.29, 1.82) is 0 Å². The van der Waals surface area contributed by atoms with Crippen molar-refractivity contribution < 1.29 is 14.7 Å². The summed E-state index contributed by atoms with van der Waals surface area (Å²) in [6, 6.07) is 14.7. The highest BCUT2D eigenvalue weighted by molar-refractivity contribution is 9.10. The number of rotatable bonds is 8. The van der Waals surface area contributed by atoms with Gasteiger partial charge >= 0.3 is 5.97 Å². The minimum absolute atomic E-state index is 0.106. The van der Waals surface area contributed by atoms with Crippen LogP contribution < -0.4 is 5.32 Å². The van der Waals surface area contributed by atoms with Gasteiger partial charge in [0, 0.05) is 22.3 Å². The fourth-order valence-corrected chi connectivity index (χ4v) is 3.81. The first-order chi connectivity index (χ1) is 13.0. The molecule has 0 saturated carbocycles. The standard InChI is InChI=1S/C19H18BrN3O3S/c20-14-8-6-13(7-9-14)18(26)21-10-3-11-27-19-22-15-4-1-2-5-16(15)23(19)12-17(24)25/h1-2,4-9H,3,10-12H2,(H,21,26)(H,24,25). The average molecular weight is 448 g/mol. The van der Waals surface area contributed by atoms with Gasteiger partial charge in [-0.1, -0.05) is 39.8 Å². The molecule has 27 heavy (non-hydrogen) atoms. The Balaban J connectivity index is 1.53. The number of benzene rings is 2. The summed E-state index contributed by atoms with van der Waals surface area (Å²) < 4.78 is 2.64. The first-order valence-electron chi connectivity index (χ1n) is 8.38. The number of hydrogen-bond acceptors (Lipinski definition) is 4. The normalized spacial score (nSPS) is 10.9. The van der Waals surface area contributed by atoms with E-state index in [1.165, 1.54) is 11.8 Å². The molecule has 0 radical (unpaired) electrons. The second-order valence-electron chi connectivity index (χ2n) is 5.83. The zero-order chi connectivity index (χ0) is 19.2. The van der Waals surface area contributed by atoms with Gasteiger partial charge in [-0.25, -0.2) is 4.98 Å². The SMILES string of the molecule is O=C(O)Cn1c(SCCCNC(=O)c2ccc(Br)cc2)nc2ccccc21. The van der Waals surface area contributed by atoms with Crippen molar-refractivity contribution in [3.05, 3.63) is 58.6 Å². The number of carboxylic acid groups (broad SMARTS) is 1. The molecular weight excluding hydrogens is 430 g/mol. The number of hydrogen-bond donors (Lipinski definition) is 2. The van der Waals surface area contributed by atoms with Crippen LogP contribution in [0.2, 0.25) is 0 Å². The Bertz CT molecular complexity index is 956. The minimum atomic E-state index is -0.901. The number of para-hydroxylation sites is 2. The van der Waals surface area contributed by atoms with E-state index in [0.29, 0.717) is 17.3 Å². The van der Waals surface area contributed by atoms with Gasteiger partial charge in [0.25, 0.3) is 5.91 Å². The van der Waals surface area contributed by atoms with Gasteiger partial charge in [-0.15, -0.1) is 0 Å². The molecule has 0 bridgehead atoms. The van der Waals surface area contributed by atoms with Crippen molar-refractivity contribution >= 4 is 50.6 Å². The van der Waals surface area contributed by atoms with Gasteiger partial charge in [-0.2, -0.15) is 0 Å². The Morgan fingerprint density at radius 1 is 1.15 bits per heavy atom. The second-order valence-corrected chi connectivity index (χ2v) is 7.81. The van der Waals surface area contributed by atoms with Gasteiger partial charge in [-0.05, 0) is 42.8 Å². The molecule has 1 amide bonds. The molecule has 140 valence electrons. The lowest BCUT2D eigenvalue weighted by Gasteiger charge is -2.07. The van der Waals surface area contributed by atoms with Crippen LogP contribution in [0, 0.1) is 0 Å². The Morgan fingerprint density at radius 2 is 1.89 bits per heavy atom. The summed E-state index contributed by atoms with van der Waals surface area (Å²) in [5, 5.41) is 12.7. The number of nitrogens with one attached hydrogen (secondary N) is 1. The summed E-state index contributed by atoms with van der Waals surface area (Å²) in [5.41, 5.74) is 2.21. The largest absolute Gasteiger partial charge is 0.480 e. The van der Waals surface area contributed by atoms with Gasteiger partial charge in [-0.3, -0.25) is 9.59 Å². The first-order valence-corrected chi connectivity index (χ1v) is 10.2. The van der Waals surface area contributed by atoms with Gasteiger partial charge < -0.3 is 15.0 Å². The van der Waals surface area contributed by atoms with Crippen molar-refractivity contribution in [2.75, 3.05) is 12.3 Å². The molecular formula is C19H18BrN3O3S. The van der Waals surface area contributed by atoms with Crippen LogP contribution in [0.1, 0.15) is 16.8 Å². The monoisotopic (exact) mass is 447 g/mol. The number of carbonyl (C=O) groups excluding carboxylic acids is 1. The van der Waals surface area contributed by atoms with Crippen molar-refractivity contribution in [2.45, 2.75) is 18.1 Å². The molecule has 0 aliphatic carbocycles. The van der Waals surface area contributed by atoms with E-state index in [1.54, 1.807) is 16.7 Å². The second kappa shape index (κ2) is 9.05. The van der Waals surface area contributed by atoms with Gasteiger partial charge in [0.1, 0.15) is 6.54 Å². The van der Waals surface area contributed by atoms with E-state index in [0.717, 1.165) is 27.7 Å². The maximum Gasteiger partial charge on any atom is 0.323 e. The predicted molar refractivity (Wildman–Crippen MR) is 109 cm³/mol. The van der Waals surface area contributed by atoms with Crippen LogP contribution in [0.4, 0.5) is 0 Å². The Morgan fingerprint density at radius 3 is 2.63 bits per heavy atom. The molecule has 0 fully saturated rings. The molecule has 6 nitrogen and oxygen atoms in total. The summed E-state index contributed by atoms with van der Waals surface area (Å²) in [6.07, 6.45) is 0.753. The van der Waals surface area contributed by atoms with E-state index in [9.17, 15) is 9.59 Å². The number of aliphatic carboxylic acids is 1. The summed E-state index contributed by atoms with van der Waals surface area (Å²) in [5.74, 6) is -0.281. The van der Waals surface area contributed by atoms with Crippen molar-refractivity contribution in [1.82, 2.24) is 14.9 Å². The quantitative estimate of drug-likeness (QED) is 0.405. The Labute approximate surface area is 169 Å². The van der Waals surface area contributed by atoms with Crippen LogP contribution in [0.5, 0.6) is 0 Å². The van der Waals surface area contributed by atoms with E-state index in [1.807, 2.05) is 36.4 Å². The Kier molecular flexibility index (Phi) is 6.52. The van der Waals surface area contributed by atoms with Crippen LogP contribution in [-0.2, 0) is 11.3 Å². The van der Waals surface area contributed by atoms with E-state index in [-0.39, 0.29) is 12.5 Å². The van der Waals surface area contributed by atoms with Crippen LogP contribution in [0.15, 0.2) is 58.2 Å². The van der Waals surface area contributed by atoms with Gasteiger partial charge in [0.2, 0.25) is 0 Å². The average Bonchev–Trinajstić information content (AvgIpc) is 2.99. The highest BCUT2D eigenvalue weighted by atomic mass is 79.9. The van der Waals surface area contributed by atoms with Crippen LogP contribution in [0.3, 0.4) is 0 Å². The molecule has 0 aliphatic rings. The number of amides is 1. The highest BCUT2D eigenvalue weighted by Crippen LogP contribution is 2.24. The van der Waals surface area contributed by atoms with Crippen molar-refractivity contribution in [2.24, 2.45) is 0 Å². The fraction of sp³-hybridized carbons (Fsp3) is 0.211. The number of fused-ring (bicyclic) bond motifs is 1. The van der Waals surface area contributed by atoms with Crippen LogP contribution in [0.25, 0.3) is 11.0 Å². The molecule has 0 saturated heterocycles. The lowest BCUT2D eigenvalue weighted by atomic mass is 10.2. The number of imidazole rings is 1. The lowest BCUT2D eigenvalue weighted by molar-refractivity contribution is -0.137. The molecule has 0 unspecified atom stereocenters. The van der Waals surface area contributed by atoms with E-state index in [4.69, 9.17) is 5.11 Å². The van der Waals surface area contributed by atoms with Crippen LogP contribution in [-0.4, -0.2) is 38.8 Å². The number of halogens is 1. The van der Waals surface area contributed by atoms with Crippen molar-refractivity contribution in [3.63, 3.8) is 0 Å². The van der Waals surface area contributed by atoms with Crippen molar-refractivity contribution in [3.8, 4) is 0 Å². The summed E-state index contributed by atoms with van der Waals surface area (Å²) in [7, 11) is 0. The highest BCUT2D eigenvalue weighted by Gasteiger charge is 2.13. The number of aromatic nitrogens is 2. The van der Waals surface area contributed by atoms with E-state index in [2.05, 4.69) is 26.2 Å². The summed E-state index contributed by atoms with van der Waals surface area (Å²) >= 11 is 4.84. The number of thioether (sulfide) groups is 1. The minimum Gasteiger partial charge on any atom is -0.480 e. The van der Waals surface area contributed by atoms with E-state index >= 15 is 0 Å². The molecule has 2 aromatic carbocycles. The number of nitrogens with zero attached hydrogens (tertiary/aromatic N) is 2. The zero-order valence-electron chi connectivity index (χ0n) is 14.4. The zero-order valence-corrected chi connectivity index (χ0v) is 16.8. The molecule has 3 rings (SSSR count). The topological polar surface area (TPSA) is 84.2 Å². The summed E-state index contributed by atoms with van der Waals surface area (Å²) in [6.45, 7) is 0.421. The number of carboxylic acids is 1. The third-order valence-electron chi connectivity index (χ3n) is 3.86. The molecule has 8 heteroatoms. The molecule has 0 spiro atoms. The maximum atomic E-state index is 12.1. The number of carbonyl (C=O) groups is 2. The fourth-order valence-electron chi connectivity index (χ4n) is 2.59. The van der Waals surface area contributed by atoms with E-state index < -0.39 is 5.97 Å². The van der Waals surface area contributed by atoms with Gasteiger partial charge in [0.05, 0.1) is 11.0 Å². The molecule has 0 atom stereocenters. The molecule has 1 aromatic heterocycles. The molecule has 1 heterocycles. The molecule has 3 aromatic rings. The lowest BCUT2D eigenvalue weighted by Crippen LogP contribution is -2.24. The maximum absolute atomic E-state index is 12.1. The Hall–Kier alpha value is -2.32. The first kappa shape index (κ1) is 19.4. The molecule has 2 N–H and O–H groups in total. The predicted octanol–water partition coefficient (Wildman–Crippen LogP) is 3.80. The molecule has 0 aliphatic heterocycles. The smallest absolute Gasteiger partial charge is 0.323 e.